The lowest BCUT2D eigenvalue weighted by atomic mass is 9.82. The van der Waals surface area contributed by atoms with Gasteiger partial charge in [-0.2, -0.15) is 0 Å². The van der Waals surface area contributed by atoms with Crippen LogP contribution in [0.2, 0.25) is 0 Å². The average molecular weight is 521 g/mol. The molecule has 0 saturated heterocycles. The molecule has 7 rings (SSSR count). The van der Waals surface area contributed by atoms with Gasteiger partial charge >= 0.3 is 7.48 Å². The van der Waals surface area contributed by atoms with Crippen LogP contribution in [0.25, 0.3) is 65.4 Å². The van der Waals surface area contributed by atoms with Crippen LogP contribution in [0.15, 0.2) is 108 Å². The zero-order chi connectivity index (χ0) is 27.6. The van der Waals surface area contributed by atoms with Gasteiger partial charge in [-0.25, -0.2) is 0 Å². The SMILES string of the molecule is CC(C)(O)C(C)(C)O[B]c1cccc2c1oc1ccc(-c3ccc4c5ccccc5c5ccccc5c4c3)cc12. The Hall–Kier alpha value is -4.12. The highest BCUT2D eigenvalue weighted by Gasteiger charge is 2.36. The van der Waals surface area contributed by atoms with E-state index in [1.807, 2.05) is 26.0 Å². The highest BCUT2D eigenvalue weighted by molar-refractivity contribution is 6.51. The van der Waals surface area contributed by atoms with E-state index in [-0.39, 0.29) is 0 Å². The Bertz CT molecular complexity index is 2040. The van der Waals surface area contributed by atoms with E-state index >= 15 is 0 Å². The van der Waals surface area contributed by atoms with Gasteiger partial charge in [0.15, 0.2) is 0 Å². The molecule has 0 unspecified atom stereocenters. The Kier molecular flexibility index (Phi) is 5.57. The molecule has 1 radical (unpaired) electrons. The fraction of sp³-hybridized carbons (Fsp3) is 0.167. The molecule has 1 heterocycles. The summed E-state index contributed by atoms with van der Waals surface area (Å²) in [6.07, 6.45) is 0. The van der Waals surface area contributed by atoms with E-state index in [1.165, 1.54) is 37.9 Å². The molecule has 0 atom stereocenters. The van der Waals surface area contributed by atoms with E-state index in [4.69, 9.17) is 9.07 Å². The highest BCUT2D eigenvalue weighted by atomic mass is 16.5. The summed E-state index contributed by atoms with van der Waals surface area (Å²) < 4.78 is 12.4. The number of aliphatic hydroxyl groups is 1. The standard InChI is InChI=1S/C36H30BO3/c1-35(2,38)36(3,4)40-37-32-15-9-14-29-31-21-23(17-19-33(31)39-34(29)32)22-16-18-28-26-12-6-5-10-24(26)25-11-7-8-13-27(25)30(28)20-22/h5-21,38H,1-4H3. The van der Waals surface area contributed by atoms with Gasteiger partial charge in [0, 0.05) is 10.8 Å². The lowest BCUT2D eigenvalue weighted by Crippen LogP contribution is -2.49. The van der Waals surface area contributed by atoms with E-state index in [0.29, 0.717) is 0 Å². The van der Waals surface area contributed by atoms with Crippen LogP contribution in [0, 0.1) is 0 Å². The molecule has 0 aliphatic heterocycles. The van der Waals surface area contributed by atoms with E-state index in [1.54, 1.807) is 21.3 Å². The molecule has 40 heavy (non-hydrogen) atoms. The second-order valence-electron chi connectivity index (χ2n) is 11.7. The Balaban J connectivity index is 1.35. The fourth-order valence-electron chi connectivity index (χ4n) is 5.53. The number of furan rings is 1. The number of benzene rings is 6. The molecular formula is C36H30BO3. The summed E-state index contributed by atoms with van der Waals surface area (Å²) in [5.74, 6) is 0. The zero-order valence-electron chi connectivity index (χ0n) is 23.2. The predicted molar refractivity (Wildman–Crippen MR) is 169 cm³/mol. The summed E-state index contributed by atoms with van der Waals surface area (Å²) in [4.78, 5) is 0. The maximum atomic E-state index is 10.5. The lowest BCUT2D eigenvalue weighted by Gasteiger charge is -2.37. The van der Waals surface area contributed by atoms with Gasteiger partial charge in [-0.05, 0) is 94.8 Å². The number of hydrogen-bond donors (Lipinski definition) is 1. The molecule has 0 spiro atoms. The Morgan fingerprint density at radius 1 is 0.575 bits per heavy atom. The largest absolute Gasteiger partial charge is 0.457 e. The third-order valence-corrected chi connectivity index (χ3v) is 8.56. The smallest absolute Gasteiger partial charge is 0.334 e. The van der Waals surface area contributed by atoms with Crippen LogP contribution in [-0.2, 0) is 4.65 Å². The molecule has 1 N–H and O–H groups in total. The molecule has 6 aromatic carbocycles. The first-order valence-corrected chi connectivity index (χ1v) is 13.7. The third kappa shape index (κ3) is 3.90. The lowest BCUT2D eigenvalue weighted by molar-refractivity contribution is -0.0893. The van der Waals surface area contributed by atoms with Crippen LogP contribution in [0.4, 0.5) is 0 Å². The highest BCUT2D eigenvalue weighted by Crippen LogP contribution is 2.38. The first-order valence-electron chi connectivity index (χ1n) is 13.7. The first-order chi connectivity index (χ1) is 19.2. The number of rotatable bonds is 5. The van der Waals surface area contributed by atoms with E-state index in [0.717, 1.165) is 33.0 Å². The summed E-state index contributed by atoms with van der Waals surface area (Å²) in [7, 11) is 1.70. The summed E-state index contributed by atoms with van der Waals surface area (Å²) in [6, 6.07) is 36.6. The van der Waals surface area contributed by atoms with Crippen LogP contribution in [0.1, 0.15) is 27.7 Å². The zero-order valence-corrected chi connectivity index (χ0v) is 23.2. The van der Waals surface area contributed by atoms with Crippen LogP contribution in [-0.4, -0.2) is 23.8 Å². The molecule has 3 nitrogen and oxygen atoms in total. The van der Waals surface area contributed by atoms with E-state index in [2.05, 4.69) is 91.0 Å². The summed E-state index contributed by atoms with van der Waals surface area (Å²) >= 11 is 0. The maximum absolute atomic E-state index is 10.5. The minimum atomic E-state index is -1.00. The van der Waals surface area contributed by atoms with Gasteiger partial charge in [-0.1, -0.05) is 84.9 Å². The van der Waals surface area contributed by atoms with E-state index < -0.39 is 11.2 Å². The van der Waals surface area contributed by atoms with E-state index in [9.17, 15) is 5.11 Å². The maximum Gasteiger partial charge on any atom is 0.334 e. The van der Waals surface area contributed by atoms with Crippen LogP contribution >= 0.6 is 0 Å². The molecule has 0 aliphatic rings. The fourth-order valence-corrected chi connectivity index (χ4v) is 5.53. The molecular weight excluding hydrogens is 491 g/mol. The molecule has 0 amide bonds. The first kappa shape index (κ1) is 24.9. The number of hydrogen-bond acceptors (Lipinski definition) is 3. The van der Waals surface area contributed by atoms with Crippen molar-refractivity contribution in [2.24, 2.45) is 0 Å². The van der Waals surface area contributed by atoms with Crippen LogP contribution < -0.4 is 5.46 Å². The summed E-state index contributed by atoms with van der Waals surface area (Å²) in [5.41, 5.74) is 3.00. The van der Waals surface area contributed by atoms with Crippen molar-refractivity contribution >= 4 is 67.2 Å². The van der Waals surface area contributed by atoms with Gasteiger partial charge in [0.05, 0.1) is 11.2 Å². The number of fused-ring (bicyclic) bond motifs is 9. The summed E-state index contributed by atoms with van der Waals surface area (Å²) in [5, 5.41) is 20.2. The van der Waals surface area contributed by atoms with Crippen molar-refractivity contribution in [1.29, 1.82) is 0 Å². The van der Waals surface area contributed by atoms with Crippen molar-refractivity contribution in [2.45, 2.75) is 38.9 Å². The van der Waals surface area contributed by atoms with Crippen molar-refractivity contribution in [3.8, 4) is 11.1 Å². The third-order valence-electron chi connectivity index (χ3n) is 8.56. The Morgan fingerprint density at radius 3 is 1.73 bits per heavy atom. The Morgan fingerprint density at radius 2 is 1.10 bits per heavy atom. The quantitative estimate of drug-likeness (QED) is 0.182. The summed E-state index contributed by atoms with van der Waals surface area (Å²) in [6.45, 7) is 7.26. The molecule has 0 saturated carbocycles. The van der Waals surface area contributed by atoms with Gasteiger partial charge in [-0.15, -0.1) is 0 Å². The molecule has 4 heteroatoms. The van der Waals surface area contributed by atoms with Crippen molar-refractivity contribution in [1.82, 2.24) is 0 Å². The average Bonchev–Trinajstić information content (AvgIpc) is 3.34. The molecule has 195 valence electrons. The minimum absolute atomic E-state index is 0.764. The Labute approximate surface area is 234 Å². The molecule has 0 aliphatic carbocycles. The van der Waals surface area contributed by atoms with Crippen molar-refractivity contribution in [2.75, 3.05) is 0 Å². The van der Waals surface area contributed by atoms with Gasteiger partial charge in [-0.3, -0.25) is 0 Å². The molecule has 1 aromatic heterocycles. The van der Waals surface area contributed by atoms with Gasteiger partial charge in [0.25, 0.3) is 0 Å². The van der Waals surface area contributed by atoms with Crippen LogP contribution in [0.3, 0.4) is 0 Å². The second kappa shape index (κ2) is 8.95. The second-order valence-corrected chi connectivity index (χ2v) is 11.7. The van der Waals surface area contributed by atoms with Crippen molar-refractivity contribution in [3.05, 3.63) is 103 Å². The van der Waals surface area contributed by atoms with Crippen molar-refractivity contribution in [3.63, 3.8) is 0 Å². The van der Waals surface area contributed by atoms with Gasteiger partial charge in [0.2, 0.25) is 0 Å². The molecule has 7 aromatic rings. The van der Waals surface area contributed by atoms with Crippen LogP contribution in [0.5, 0.6) is 0 Å². The molecule has 0 bridgehead atoms. The van der Waals surface area contributed by atoms with Gasteiger partial charge in [0.1, 0.15) is 11.2 Å². The number of para-hydroxylation sites is 1. The monoisotopic (exact) mass is 521 g/mol. The topological polar surface area (TPSA) is 42.6 Å². The predicted octanol–water partition coefficient (Wildman–Crippen LogP) is 8.52. The normalized spacial score (nSPS) is 12.7. The van der Waals surface area contributed by atoms with Crippen molar-refractivity contribution < 1.29 is 14.2 Å². The molecule has 0 fully saturated rings. The minimum Gasteiger partial charge on any atom is -0.457 e. The van der Waals surface area contributed by atoms with Gasteiger partial charge < -0.3 is 14.2 Å².